The van der Waals surface area contributed by atoms with Crippen LogP contribution >= 0.6 is 0 Å². The van der Waals surface area contributed by atoms with Crippen LogP contribution < -0.4 is 8.61 Å². The van der Waals surface area contributed by atoms with Gasteiger partial charge in [0.25, 0.3) is 0 Å². The molecule has 2 aromatic heterocycles. The van der Waals surface area contributed by atoms with E-state index in [2.05, 4.69) is 26.8 Å². The Morgan fingerprint density at radius 1 is 0.848 bits per heavy atom. The molecular formula is C37H52N2O5SSn. The third-order valence-corrected chi connectivity index (χ3v) is 26.5. The Labute approximate surface area is 280 Å². The summed E-state index contributed by atoms with van der Waals surface area (Å²) in [5.74, 6) is 0.411. The Balaban J connectivity index is 2.01. The Morgan fingerprint density at radius 2 is 1.43 bits per heavy atom. The zero-order valence-corrected chi connectivity index (χ0v) is 32.2. The zero-order valence-electron chi connectivity index (χ0n) is 28.6. The predicted octanol–water partition coefficient (Wildman–Crippen LogP) is 9.51. The first-order valence-electron chi connectivity index (χ1n) is 17.0. The van der Waals surface area contributed by atoms with Gasteiger partial charge in [0.1, 0.15) is 0 Å². The first kappa shape index (κ1) is 36.1. The van der Waals surface area contributed by atoms with Crippen molar-refractivity contribution >= 4 is 55.0 Å². The molecule has 0 spiro atoms. The van der Waals surface area contributed by atoms with E-state index in [1.165, 1.54) is 0 Å². The second-order valence-corrected chi connectivity index (χ2v) is 28.1. The Kier molecular flexibility index (Phi) is 12.5. The molecule has 2 heterocycles. The first-order chi connectivity index (χ1) is 22.0. The van der Waals surface area contributed by atoms with Crippen LogP contribution in [0.15, 0.2) is 82.3 Å². The zero-order chi connectivity index (χ0) is 33.4. The van der Waals surface area contributed by atoms with Crippen molar-refractivity contribution in [3.63, 3.8) is 0 Å². The van der Waals surface area contributed by atoms with E-state index in [4.69, 9.17) is 9.15 Å². The molecule has 7 nitrogen and oxygen atoms in total. The number of rotatable bonds is 16. The molecule has 0 N–H and O–H groups in total. The minimum atomic E-state index is -3.91. The van der Waals surface area contributed by atoms with E-state index in [1.54, 1.807) is 51.5 Å². The molecule has 250 valence electrons. The Bertz CT molecular complexity index is 1640. The predicted molar refractivity (Wildman–Crippen MR) is 191 cm³/mol. The number of amides is 1. The third kappa shape index (κ3) is 8.22. The number of hydrogen-bond donors (Lipinski definition) is 0. The van der Waals surface area contributed by atoms with E-state index < -0.39 is 40.1 Å². The van der Waals surface area contributed by atoms with Crippen LogP contribution in [-0.4, -0.2) is 49.0 Å². The Morgan fingerprint density at radius 3 is 1.98 bits per heavy atom. The molecule has 1 amide bonds. The molecule has 0 fully saturated rings. The van der Waals surface area contributed by atoms with Gasteiger partial charge in [0.05, 0.1) is 0 Å². The van der Waals surface area contributed by atoms with Crippen molar-refractivity contribution in [2.75, 3.05) is 11.4 Å². The third-order valence-electron chi connectivity index (χ3n) is 8.72. The monoisotopic (exact) mass is 756 g/mol. The van der Waals surface area contributed by atoms with E-state index >= 15 is 0 Å². The Hall–Kier alpha value is -2.72. The molecule has 4 rings (SSSR count). The number of hydrogen-bond acceptors (Lipinski definition) is 5. The number of unbranched alkanes of at least 4 members (excludes halogenated alkanes) is 3. The standard InChI is InChI=1S/C25H25N2O5S.3C4H9.Sn/c1-25(2,3)32-24(28)26(23-14-9-17-31-23)16-15-19-18-27(22-13-8-7-12-21(19)22)33(29,30)20-10-5-4-6-11-20;3*1-3-4-2;/h4-14,17H,15-16H2,1-3H3;3*1,3-4H2,2H3;. The second kappa shape index (κ2) is 15.9. The maximum atomic E-state index is 14.8. The fourth-order valence-corrected chi connectivity index (χ4v) is 27.5. The van der Waals surface area contributed by atoms with Gasteiger partial charge in [-0.3, -0.25) is 0 Å². The van der Waals surface area contributed by atoms with Crippen molar-refractivity contribution < 1.29 is 22.4 Å². The van der Waals surface area contributed by atoms with Crippen LogP contribution in [-0.2, 0) is 21.2 Å². The summed E-state index contributed by atoms with van der Waals surface area (Å²) in [5, 5.41) is 0.950. The van der Waals surface area contributed by atoms with Gasteiger partial charge in [0, 0.05) is 0 Å². The van der Waals surface area contributed by atoms with E-state index in [0.717, 1.165) is 72.0 Å². The molecule has 0 bridgehead atoms. The molecule has 0 atom stereocenters. The number of furan rings is 1. The SMILES string of the molecule is CCC[CH2][Sn]([CH2]CCC)([CH2]CCC)[c]1c(CCN(C(=O)OC(C)(C)C)c2ccco2)c2ccccc2n1S(=O)(=O)c1ccccc1. The number of ether oxygens (including phenoxy) is 1. The fourth-order valence-electron chi connectivity index (χ4n) is 6.54. The minimum absolute atomic E-state index is 0.298. The van der Waals surface area contributed by atoms with Crippen LogP contribution in [0.5, 0.6) is 0 Å². The van der Waals surface area contributed by atoms with E-state index in [0.29, 0.717) is 23.7 Å². The summed E-state index contributed by atoms with van der Waals surface area (Å²) in [6.07, 6.45) is 8.04. The average molecular weight is 756 g/mol. The van der Waals surface area contributed by atoms with Crippen molar-refractivity contribution in [1.82, 2.24) is 3.97 Å². The number of aromatic nitrogens is 1. The quantitative estimate of drug-likeness (QED) is 0.107. The number of carbonyl (C=O) groups is 1. The summed E-state index contributed by atoms with van der Waals surface area (Å²) in [6.45, 7) is 12.5. The molecule has 0 saturated heterocycles. The summed E-state index contributed by atoms with van der Waals surface area (Å²) < 4.78 is 47.4. The van der Waals surface area contributed by atoms with Crippen LogP contribution in [0.3, 0.4) is 0 Å². The molecule has 0 unspecified atom stereocenters. The van der Waals surface area contributed by atoms with Crippen molar-refractivity contribution in [3.05, 3.63) is 78.6 Å². The number of carbonyl (C=O) groups excluding carboxylic acids is 1. The summed E-state index contributed by atoms with van der Waals surface area (Å²) in [7, 11) is -3.91. The van der Waals surface area contributed by atoms with E-state index in [9.17, 15) is 13.2 Å². The van der Waals surface area contributed by atoms with Crippen LogP contribution in [0, 0.1) is 0 Å². The molecule has 0 radical (unpaired) electrons. The number of fused-ring (bicyclic) bond motifs is 1. The van der Waals surface area contributed by atoms with Gasteiger partial charge in [-0.1, -0.05) is 0 Å². The van der Waals surface area contributed by atoms with Crippen molar-refractivity contribution in [2.45, 2.75) is 110 Å². The van der Waals surface area contributed by atoms with Gasteiger partial charge in [-0.15, -0.1) is 0 Å². The average Bonchev–Trinajstić information content (AvgIpc) is 3.68. The van der Waals surface area contributed by atoms with Crippen molar-refractivity contribution in [2.24, 2.45) is 0 Å². The first-order valence-corrected chi connectivity index (χ1v) is 25.9. The molecule has 0 aliphatic heterocycles. The summed E-state index contributed by atoms with van der Waals surface area (Å²) in [4.78, 5) is 15.4. The van der Waals surface area contributed by atoms with Crippen LogP contribution in [0.2, 0.25) is 13.3 Å². The van der Waals surface area contributed by atoms with Gasteiger partial charge in [-0.25, -0.2) is 0 Å². The molecule has 9 heteroatoms. The van der Waals surface area contributed by atoms with Gasteiger partial charge in [-0.2, -0.15) is 0 Å². The van der Waals surface area contributed by atoms with E-state index in [-0.39, 0.29) is 0 Å². The van der Waals surface area contributed by atoms with Gasteiger partial charge in [-0.05, 0) is 0 Å². The van der Waals surface area contributed by atoms with Gasteiger partial charge in [0.15, 0.2) is 0 Å². The normalized spacial score (nSPS) is 12.5. The molecule has 2 aromatic carbocycles. The van der Waals surface area contributed by atoms with Gasteiger partial charge >= 0.3 is 282 Å². The van der Waals surface area contributed by atoms with Crippen molar-refractivity contribution in [1.29, 1.82) is 0 Å². The topological polar surface area (TPSA) is 81.8 Å². The van der Waals surface area contributed by atoms with Crippen LogP contribution in [0.25, 0.3) is 10.9 Å². The summed E-state index contributed by atoms with van der Waals surface area (Å²) in [5.41, 5.74) is 1.11. The van der Waals surface area contributed by atoms with Crippen molar-refractivity contribution in [3.8, 4) is 0 Å². The molecular weight excluding hydrogens is 703 g/mol. The van der Waals surface area contributed by atoms with E-state index in [1.807, 2.05) is 45.0 Å². The molecule has 46 heavy (non-hydrogen) atoms. The van der Waals surface area contributed by atoms with Crippen LogP contribution in [0.1, 0.15) is 85.6 Å². The second-order valence-electron chi connectivity index (χ2n) is 13.4. The number of para-hydroxylation sites is 1. The summed E-state index contributed by atoms with van der Waals surface area (Å²) in [6, 6.07) is 20.3. The number of benzene rings is 2. The molecule has 0 saturated carbocycles. The molecule has 4 aromatic rings. The molecule has 0 aliphatic rings. The number of nitrogens with zero attached hydrogens (tertiary/aromatic N) is 2. The van der Waals surface area contributed by atoms with Crippen LogP contribution in [0.4, 0.5) is 10.7 Å². The summed E-state index contributed by atoms with van der Waals surface area (Å²) >= 11 is -3.49. The maximum absolute atomic E-state index is 14.8. The van der Waals surface area contributed by atoms with Gasteiger partial charge in [0.2, 0.25) is 0 Å². The van der Waals surface area contributed by atoms with Gasteiger partial charge < -0.3 is 0 Å². The number of anilines is 1. The molecule has 0 aliphatic carbocycles. The fraction of sp³-hybridized carbons (Fsp3) is 0.486.